The first-order valence-corrected chi connectivity index (χ1v) is 7.03. The number of hydrogen-bond acceptors (Lipinski definition) is 4. The zero-order valence-electron chi connectivity index (χ0n) is 12.5. The average molecular weight is 299 g/mol. The molecule has 22 heavy (non-hydrogen) atoms. The zero-order valence-corrected chi connectivity index (χ0v) is 12.5. The van der Waals surface area contributed by atoms with Gasteiger partial charge in [-0.2, -0.15) is 0 Å². The van der Waals surface area contributed by atoms with E-state index in [0.717, 1.165) is 5.56 Å². The molecule has 0 fully saturated rings. The number of ether oxygens (including phenoxy) is 3. The van der Waals surface area contributed by atoms with Gasteiger partial charge in [-0.15, -0.1) is 0 Å². The molecule has 5 nitrogen and oxygen atoms in total. The molecule has 1 aliphatic rings. The van der Waals surface area contributed by atoms with Crippen molar-refractivity contribution in [3.05, 3.63) is 47.5 Å². The zero-order chi connectivity index (χ0) is 15.5. The lowest BCUT2D eigenvalue weighted by molar-refractivity contribution is 0.102. The predicted molar refractivity (Wildman–Crippen MR) is 83.1 cm³/mol. The molecule has 0 saturated heterocycles. The topological polar surface area (TPSA) is 56.8 Å². The summed E-state index contributed by atoms with van der Waals surface area (Å²) in [5.74, 6) is 1.65. The molecule has 0 radical (unpaired) electrons. The minimum Gasteiger partial charge on any atom is -0.496 e. The van der Waals surface area contributed by atoms with Gasteiger partial charge in [-0.05, 0) is 31.2 Å². The number of anilines is 1. The van der Waals surface area contributed by atoms with E-state index >= 15 is 0 Å². The number of nitrogens with one attached hydrogen (secondary N) is 1. The molecule has 0 spiro atoms. The van der Waals surface area contributed by atoms with Crippen LogP contribution in [0, 0.1) is 6.92 Å². The van der Waals surface area contributed by atoms with Gasteiger partial charge >= 0.3 is 0 Å². The largest absolute Gasteiger partial charge is 0.496 e. The van der Waals surface area contributed by atoms with Crippen LogP contribution in [0.3, 0.4) is 0 Å². The van der Waals surface area contributed by atoms with Crippen molar-refractivity contribution in [2.24, 2.45) is 0 Å². The molecule has 114 valence electrons. The van der Waals surface area contributed by atoms with Crippen LogP contribution >= 0.6 is 0 Å². The maximum Gasteiger partial charge on any atom is 0.259 e. The Kier molecular flexibility index (Phi) is 3.87. The number of carbonyl (C=O) groups excluding carboxylic acids is 1. The lowest BCUT2D eigenvalue weighted by Gasteiger charge is -2.19. The second kappa shape index (κ2) is 5.97. The lowest BCUT2D eigenvalue weighted by atomic mass is 10.1. The van der Waals surface area contributed by atoms with Gasteiger partial charge in [-0.25, -0.2) is 0 Å². The van der Waals surface area contributed by atoms with Crippen LogP contribution in [0.2, 0.25) is 0 Å². The van der Waals surface area contributed by atoms with E-state index in [0.29, 0.717) is 41.7 Å². The molecule has 3 rings (SSSR count). The van der Waals surface area contributed by atoms with E-state index in [-0.39, 0.29) is 5.91 Å². The number of hydrogen-bond donors (Lipinski definition) is 1. The van der Waals surface area contributed by atoms with Crippen molar-refractivity contribution in [1.29, 1.82) is 0 Å². The van der Waals surface area contributed by atoms with Crippen molar-refractivity contribution in [2.75, 3.05) is 25.6 Å². The normalized spacial score (nSPS) is 12.6. The molecule has 0 atom stereocenters. The van der Waals surface area contributed by atoms with Crippen molar-refractivity contribution >= 4 is 11.6 Å². The van der Waals surface area contributed by atoms with Gasteiger partial charge in [-0.1, -0.05) is 11.6 Å². The molecule has 0 saturated carbocycles. The summed E-state index contributed by atoms with van der Waals surface area (Å²) in [5.41, 5.74) is 2.14. The molecule has 0 bridgehead atoms. The molecule has 5 heteroatoms. The van der Waals surface area contributed by atoms with Crippen LogP contribution < -0.4 is 19.5 Å². The van der Waals surface area contributed by atoms with Crippen LogP contribution in [0.5, 0.6) is 17.2 Å². The highest BCUT2D eigenvalue weighted by molar-refractivity contribution is 6.06. The summed E-state index contributed by atoms with van der Waals surface area (Å²) >= 11 is 0. The Morgan fingerprint density at radius 3 is 2.64 bits per heavy atom. The number of aryl methyl sites for hydroxylation is 1. The molecule has 2 aromatic rings. The van der Waals surface area contributed by atoms with Gasteiger partial charge in [0.05, 0.1) is 12.7 Å². The molecule has 1 N–H and O–H groups in total. The van der Waals surface area contributed by atoms with E-state index in [1.165, 1.54) is 0 Å². The van der Waals surface area contributed by atoms with Crippen molar-refractivity contribution in [3.63, 3.8) is 0 Å². The average Bonchev–Trinajstić information content (AvgIpc) is 2.54. The third kappa shape index (κ3) is 2.83. The van der Waals surface area contributed by atoms with Gasteiger partial charge in [0.2, 0.25) is 0 Å². The highest BCUT2D eigenvalue weighted by atomic mass is 16.6. The Balaban J connectivity index is 1.84. The predicted octanol–water partition coefficient (Wildman–Crippen LogP) is 3.03. The summed E-state index contributed by atoms with van der Waals surface area (Å²) in [6.07, 6.45) is 0. The Hall–Kier alpha value is -2.69. The molecule has 1 heterocycles. The van der Waals surface area contributed by atoms with Gasteiger partial charge in [0, 0.05) is 11.8 Å². The maximum atomic E-state index is 12.5. The van der Waals surface area contributed by atoms with Crippen LogP contribution in [0.25, 0.3) is 0 Å². The molecule has 2 aromatic carbocycles. The monoisotopic (exact) mass is 299 g/mol. The molecular weight excluding hydrogens is 282 g/mol. The third-order valence-corrected chi connectivity index (χ3v) is 3.40. The first kappa shape index (κ1) is 14.3. The van der Waals surface area contributed by atoms with Crippen LogP contribution in [-0.2, 0) is 0 Å². The Morgan fingerprint density at radius 2 is 1.86 bits per heavy atom. The second-order valence-corrected chi connectivity index (χ2v) is 5.02. The minimum atomic E-state index is -0.225. The fraction of sp³-hybridized carbons (Fsp3) is 0.235. The van der Waals surface area contributed by atoms with Gasteiger partial charge in [0.1, 0.15) is 19.0 Å². The van der Waals surface area contributed by atoms with Gasteiger partial charge < -0.3 is 19.5 Å². The van der Waals surface area contributed by atoms with Crippen LogP contribution in [0.4, 0.5) is 5.69 Å². The summed E-state index contributed by atoms with van der Waals surface area (Å²) < 4.78 is 16.2. The van der Waals surface area contributed by atoms with E-state index in [1.807, 2.05) is 13.0 Å². The molecular formula is C17H17NO4. The van der Waals surface area contributed by atoms with Crippen LogP contribution in [0.1, 0.15) is 15.9 Å². The van der Waals surface area contributed by atoms with Gasteiger partial charge in [0.15, 0.2) is 11.5 Å². The first-order chi connectivity index (χ1) is 10.7. The van der Waals surface area contributed by atoms with Crippen molar-refractivity contribution < 1.29 is 19.0 Å². The number of fused-ring (bicyclic) bond motifs is 1. The number of rotatable bonds is 3. The van der Waals surface area contributed by atoms with Gasteiger partial charge in [-0.3, -0.25) is 4.79 Å². The highest BCUT2D eigenvalue weighted by Crippen LogP contribution is 2.33. The third-order valence-electron chi connectivity index (χ3n) is 3.40. The Morgan fingerprint density at radius 1 is 1.09 bits per heavy atom. The molecule has 0 aromatic heterocycles. The van der Waals surface area contributed by atoms with Crippen molar-refractivity contribution in [2.45, 2.75) is 6.92 Å². The van der Waals surface area contributed by atoms with Crippen LogP contribution in [-0.4, -0.2) is 26.2 Å². The number of methoxy groups -OCH3 is 1. The van der Waals surface area contributed by atoms with E-state index in [1.54, 1.807) is 37.4 Å². The number of carbonyl (C=O) groups is 1. The highest BCUT2D eigenvalue weighted by Gasteiger charge is 2.15. The quantitative estimate of drug-likeness (QED) is 0.946. The lowest BCUT2D eigenvalue weighted by Crippen LogP contribution is -2.16. The standard InChI is InChI=1S/C17H17NO4/c1-11-3-5-14(20-2)13(9-11)17(19)18-12-4-6-15-16(10-12)22-8-7-21-15/h3-6,9-10H,7-8H2,1-2H3,(H,18,19). The smallest absolute Gasteiger partial charge is 0.259 e. The molecule has 0 aliphatic carbocycles. The van der Waals surface area contributed by atoms with E-state index in [2.05, 4.69) is 5.32 Å². The molecule has 1 amide bonds. The van der Waals surface area contributed by atoms with Crippen molar-refractivity contribution in [1.82, 2.24) is 0 Å². The molecule has 0 unspecified atom stereocenters. The Labute approximate surface area is 128 Å². The van der Waals surface area contributed by atoms with Gasteiger partial charge in [0.25, 0.3) is 5.91 Å². The number of benzene rings is 2. The SMILES string of the molecule is COc1ccc(C)cc1C(=O)Nc1ccc2c(c1)OCCO2. The Bertz CT molecular complexity index is 712. The fourth-order valence-corrected chi connectivity index (χ4v) is 2.32. The number of amides is 1. The summed E-state index contributed by atoms with van der Waals surface area (Å²) in [5, 5.41) is 2.86. The second-order valence-electron chi connectivity index (χ2n) is 5.02. The first-order valence-electron chi connectivity index (χ1n) is 7.03. The summed E-state index contributed by atoms with van der Waals surface area (Å²) in [4.78, 5) is 12.5. The van der Waals surface area contributed by atoms with Crippen molar-refractivity contribution in [3.8, 4) is 17.2 Å². The summed E-state index contributed by atoms with van der Waals surface area (Å²) in [6, 6.07) is 10.8. The summed E-state index contributed by atoms with van der Waals surface area (Å²) in [6.45, 7) is 2.98. The van der Waals surface area contributed by atoms with E-state index in [9.17, 15) is 4.79 Å². The molecule has 1 aliphatic heterocycles. The van der Waals surface area contributed by atoms with Crippen LogP contribution in [0.15, 0.2) is 36.4 Å². The van der Waals surface area contributed by atoms with E-state index < -0.39 is 0 Å². The fourth-order valence-electron chi connectivity index (χ4n) is 2.32. The maximum absolute atomic E-state index is 12.5. The summed E-state index contributed by atoms with van der Waals surface area (Å²) in [7, 11) is 1.55. The van der Waals surface area contributed by atoms with E-state index in [4.69, 9.17) is 14.2 Å². The minimum absolute atomic E-state index is 0.225.